The number of amides is 1. The molecule has 1 N–H and O–H groups in total. The molecule has 1 aromatic heterocycles. The smallest absolute Gasteiger partial charge is 0.244 e. The Bertz CT molecular complexity index is 620. The Kier molecular flexibility index (Phi) is 5.90. The molecule has 0 aliphatic heterocycles. The molecule has 2 rings (SSSR count). The highest BCUT2D eigenvalue weighted by molar-refractivity contribution is 5.88. The molecular formula is C19H22N2O. The molecule has 1 heterocycles. The molecule has 1 amide bonds. The van der Waals surface area contributed by atoms with Crippen molar-refractivity contribution in [3.05, 3.63) is 77.6 Å². The summed E-state index contributed by atoms with van der Waals surface area (Å²) in [7, 11) is 0. The molecule has 1 aromatic carbocycles. The van der Waals surface area contributed by atoms with Crippen LogP contribution in [0.4, 0.5) is 0 Å². The maximum atomic E-state index is 12.0. The average Bonchev–Trinajstić information content (AvgIpc) is 2.54. The van der Waals surface area contributed by atoms with E-state index < -0.39 is 0 Å². The predicted octanol–water partition coefficient (Wildman–Crippen LogP) is 3.84. The summed E-state index contributed by atoms with van der Waals surface area (Å²) in [6.07, 6.45) is 5.25. The van der Waals surface area contributed by atoms with Crippen molar-refractivity contribution in [1.29, 1.82) is 0 Å². The van der Waals surface area contributed by atoms with E-state index in [-0.39, 0.29) is 11.9 Å². The van der Waals surface area contributed by atoms with Crippen LogP contribution in [0, 0.1) is 0 Å². The van der Waals surface area contributed by atoms with Crippen molar-refractivity contribution in [3.63, 3.8) is 0 Å². The molecule has 0 unspecified atom stereocenters. The van der Waals surface area contributed by atoms with Gasteiger partial charge in [0, 0.05) is 12.3 Å². The van der Waals surface area contributed by atoms with Crippen LogP contribution in [0.5, 0.6) is 0 Å². The lowest BCUT2D eigenvalue weighted by Gasteiger charge is -2.12. The maximum Gasteiger partial charge on any atom is 0.244 e. The number of hydrogen-bond donors (Lipinski definition) is 1. The summed E-state index contributed by atoms with van der Waals surface area (Å²) in [5, 5.41) is 2.95. The number of benzene rings is 1. The summed E-state index contributed by atoms with van der Waals surface area (Å²) >= 11 is 0. The number of rotatable bonds is 6. The lowest BCUT2D eigenvalue weighted by atomic mass is 10.1. The van der Waals surface area contributed by atoms with Gasteiger partial charge in [-0.2, -0.15) is 0 Å². The minimum Gasteiger partial charge on any atom is -0.344 e. The summed E-state index contributed by atoms with van der Waals surface area (Å²) in [6, 6.07) is 15.9. The fourth-order valence-electron chi connectivity index (χ4n) is 2.24. The minimum atomic E-state index is -0.0909. The van der Waals surface area contributed by atoms with Crippen LogP contribution in [-0.2, 0) is 11.2 Å². The number of hydrogen-bond acceptors (Lipinski definition) is 2. The number of pyridine rings is 1. The molecule has 1 atom stereocenters. The molecule has 3 nitrogen and oxygen atoms in total. The van der Waals surface area contributed by atoms with Gasteiger partial charge in [-0.25, -0.2) is 0 Å². The Morgan fingerprint density at radius 1 is 1.18 bits per heavy atom. The second-order valence-electron chi connectivity index (χ2n) is 5.46. The predicted molar refractivity (Wildman–Crippen MR) is 89.3 cm³/mol. The quantitative estimate of drug-likeness (QED) is 0.823. The Morgan fingerprint density at radius 3 is 2.59 bits per heavy atom. The van der Waals surface area contributed by atoms with Gasteiger partial charge in [-0.05, 0) is 44.4 Å². The van der Waals surface area contributed by atoms with E-state index in [9.17, 15) is 4.79 Å². The van der Waals surface area contributed by atoms with Crippen molar-refractivity contribution in [1.82, 2.24) is 10.3 Å². The van der Waals surface area contributed by atoms with Gasteiger partial charge < -0.3 is 5.32 Å². The third-order valence-corrected chi connectivity index (χ3v) is 3.52. The van der Waals surface area contributed by atoms with E-state index >= 15 is 0 Å². The van der Waals surface area contributed by atoms with Crippen LogP contribution in [0.25, 0.3) is 0 Å². The zero-order valence-electron chi connectivity index (χ0n) is 13.1. The number of carbonyl (C=O) groups is 1. The first-order chi connectivity index (χ1) is 10.6. The van der Waals surface area contributed by atoms with Crippen LogP contribution >= 0.6 is 0 Å². The van der Waals surface area contributed by atoms with Gasteiger partial charge in [0.1, 0.15) is 0 Å². The number of nitrogens with zero attached hydrogens (tertiary/aromatic N) is 1. The van der Waals surface area contributed by atoms with Gasteiger partial charge in [0.15, 0.2) is 0 Å². The highest BCUT2D eigenvalue weighted by Gasteiger charge is 2.08. The molecular weight excluding hydrogens is 272 g/mol. The van der Waals surface area contributed by atoms with Gasteiger partial charge in [0.05, 0.1) is 11.7 Å². The Labute approximate surface area is 132 Å². The molecule has 2 aromatic rings. The van der Waals surface area contributed by atoms with Crippen molar-refractivity contribution in [2.75, 3.05) is 0 Å². The topological polar surface area (TPSA) is 42.0 Å². The van der Waals surface area contributed by atoms with E-state index in [0.29, 0.717) is 0 Å². The largest absolute Gasteiger partial charge is 0.344 e. The molecule has 114 valence electrons. The summed E-state index contributed by atoms with van der Waals surface area (Å²) < 4.78 is 0. The highest BCUT2D eigenvalue weighted by Crippen LogP contribution is 2.10. The van der Waals surface area contributed by atoms with Gasteiger partial charge in [0.25, 0.3) is 0 Å². The Balaban J connectivity index is 1.84. The monoisotopic (exact) mass is 294 g/mol. The highest BCUT2D eigenvalue weighted by atomic mass is 16.1. The van der Waals surface area contributed by atoms with Gasteiger partial charge in [0.2, 0.25) is 5.91 Å². The Morgan fingerprint density at radius 2 is 1.91 bits per heavy atom. The molecule has 22 heavy (non-hydrogen) atoms. The van der Waals surface area contributed by atoms with Crippen LogP contribution in [0.1, 0.15) is 37.6 Å². The first kappa shape index (κ1) is 16.0. The van der Waals surface area contributed by atoms with Gasteiger partial charge >= 0.3 is 0 Å². The third kappa shape index (κ3) is 5.17. The standard InChI is InChI=1S/C19H22N2O/c1-15(11-12-17-8-4-3-5-9-17)14-19(22)21-16(2)18-10-6-7-13-20-18/h3-10,13-14,16H,11-12H2,1-2H3,(H,21,22)/b15-14-/t16-/m0/s1. The summed E-state index contributed by atoms with van der Waals surface area (Å²) in [4.78, 5) is 16.3. The number of nitrogens with one attached hydrogen (secondary N) is 1. The van der Waals surface area contributed by atoms with Gasteiger partial charge in [-0.3, -0.25) is 9.78 Å². The van der Waals surface area contributed by atoms with E-state index in [2.05, 4.69) is 22.4 Å². The van der Waals surface area contributed by atoms with Crippen molar-refractivity contribution >= 4 is 5.91 Å². The van der Waals surface area contributed by atoms with Crippen LogP contribution in [0.2, 0.25) is 0 Å². The van der Waals surface area contributed by atoms with Crippen molar-refractivity contribution < 1.29 is 4.79 Å². The summed E-state index contributed by atoms with van der Waals surface area (Å²) in [6.45, 7) is 3.93. The molecule has 0 radical (unpaired) electrons. The number of allylic oxidation sites excluding steroid dienone is 1. The molecule has 0 bridgehead atoms. The van der Waals surface area contributed by atoms with Crippen LogP contribution in [-0.4, -0.2) is 10.9 Å². The number of carbonyl (C=O) groups excluding carboxylic acids is 1. The van der Waals surface area contributed by atoms with Crippen molar-refractivity contribution in [2.24, 2.45) is 0 Å². The van der Waals surface area contributed by atoms with Crippen molar-refractivity contribution in [3.8, 4) is 0 Å². The SMILES string of the molecule is C/C(=C/C(=O)N[C@@H](C)c1ccccn1)CCc1ccccc1. The van der Waals surface area contributed by atoms with E-state index in [4.69, 9.17) is 0 Å². The third-order valence-electron chi connectivity index (χ3n) is 3.52. The number of aryl methyl sites for hydroxylation is 1. The molecule has 0 fully saturated rings. The van der Waals surface area contributed by atoms with Crippen molar-refractivity contribution in [2.45, 2.75) is 32.7 Å². The fraction of sp³-hybridized carbons (Fsp3) is 0.263. The molecule has 0 saturated carbocycles. The van der Waals surface area contributed by atoms with Gasteiger partial charge in [-0.15, -0.1) is 0 Å². The molecule has 0 saturated heterocycles. The molecule has 0 aliphatic carbocycles. The zero-order chi connectivity index (χ0) is 15.8. The summed E-state index contributed by atoms with van der Waals surface area (Å²) in [5.41, 5.74) is 3.23. The summed E-state index contributed by atoms with van der Waals surface area (Å²) in [5.74, 6) is -0.0660. The second-order valence-corrected chi connectivity index (χ2v) is 5.46. The lowest BCUT2D eigenvalue weighted by Crippen LogP contribution is -2.25. The average molecular weight is 294 g/mol. The number of aromatic nitrogens is 1. The van der Waals surface area contributed by atoms with Crippen LogP contribution in [0.3, 0.4) is 0 Å². The maximum absolute atomic E-state index is 12.0. The van der Waals surface area contributed by atoms with E-state index in [1.807, 2.05) is 50.2 Å². The molecule has 3 heteroatoms. The van der Waals surface area contributed by atoms with Gasteiger partial charge in [-0.1, -0.05) is 42.0 Å². The van der Waals surface area contributed by atoms with E-state index in [0.717, 1.165) is 24.1 Å². The zero-order valence-corrected chi connectivity index (χ0v) is 13.1. The first-order valence-electron chi connectivity index (χ1n) is 7.57. The van der Waals surface area contributed by atoms with E-state index in [1.54, 1.807) is 12.3 Å². The molecule has 0 aliphatic rings. The Hall–Kier alpha value is -2.42. The molecule has 0 spiro atoms. The normalized spacial score (nSPS) is 12.7. The van der Waals surface area contributed by atoms with Crippen LogP contribution in [0.15, 0.2) is 66.4 Å². The lowest BCUT2D eigenvalue weighted by molar-refractivity contribution is -0.117. The second kappa shape index (κ2) is 8.13. The fourth-order valence-corrected chi connectivity index (χ4v) is 2.24. The van der Waals surface area contributed by atoms with Crippen LogP contribution < -0.4 is 5.32 Å². The first-order valence-corrected chi connectivity index (χ1v) is 7.57. The minimum absolute atomic E-state index is 0.0660. The van der Waals surface area contributed by atoms with E-state index in [1.165, 1.54) is 5.56 Å².